The summed E-state index contributed by atoms with van der Waals surface area (Å²) in [6, 6.07) is 4.12. The third-order valence-corrected chi connectivity index (χ3v) is 4.34. The topological polar surface area (TPSA) is 52.6 Å². The third kappa shape index (κ3) is 5.57. The number of hydrogen-bond donors (Lipinski definition) is 2. The number of nitrogens with zero attached hydrogens (tertiary/aromatic N) is 3. The zero-order valence-electron chi connectivity index (χ0n) is 14.3. The maximum Gasteiger partial charge on any atom is 0.191 e. The van der Waals surface area contributed by atoms with Gasteiger partial charge in [0.05, 0.1) is 5.02 Å². The van der Waals surface area contributed by atoms with Crippen LogP contribution < -0.4 is 15.5 Å². The molecule has 2 N–H and O–H groups in total. The highest BCUT2D eigenvalue weighted by Crippen LogP contribution is 2.25. The predicted molar refractivity (Wildman–Crippen MR) is 98.4 cm³/mol. The van der Waals surface area contributed by atoms with Crippen molar-refractivity contribution in [2.24, 2.45) is 10.9 Å². The molecule has 1 saturated heterocycles. The summed E-state index contributed by atoms with van der Waals surface area (Å²) in [4.78, 5) is 10.9. The van der Waals surface area contributed by atoms with E-state index >= 15 is 0 Å². The van der Waals surface area contributed by atoms with Crippen LogP contribution in [0, 0.1) is 5.92 Å². The van der Waals surface area contributed by atoms with Crippen molar-refractivity contribution in [1.82, 2.24) is 15.6 Å². The molecule has 5 nitrogen and oxygen atoms in total. The fourth-order valence-electron chi connectivity index (χ4n) is 2.79. The van der Waals surface area contributed by atoms with Crippen LogP contribution in [0.3, 0.4) is 0 Å². The van der Waals surface area contributed by atoms with Crippen molar-refractivity contribution in [3.8, 4) is 0 Å². The first-order valence-electron chi connectivity index (χ1n) is 8.42. The van der Waals surface area contributed by atoms with E-state index < -0.39 is 0 Å². The van der Waals surface area contributed by atoms with Gasteiger partial charge in [-0.3, -0.25) is 4.99 Å². The molecule has 0 radical (unpaired) electrons. The summed E-state index contributed by atoms with van der Waals surface area (Å²) in [5, 5.41) is 7.61. The van der Waals surface area contributed by atoms with Gasteiger partial charge in [-0.25, -0.2) is 4.98 Å². The van der Waals surface area contributed by atoms with E-state index in [0.717, 1.165) is 43.8 Å². The van der Waals surface area contributed by atoms with Crippen molar-refractivity contribution < 1.29 is 0 Å². The second-order valence-corrected chi connectivity index (χ2v) is 6.83. The summed E-state index contributed by atoms with van der Waals surface area (Å²) in [6.45, 7) is 7.31. The molecule has 0 saturated carbocycles. The summed E-state index contributed by atoms with van der Waals surface area (Å²) < 4.78 is 0. The molecule has 23 heavy (non-hydrogen) atoms. The van der Waals surface area contributed by atoms with Crippen LogP contribution in [-0.4, -0.2) is 43.7 Å². The zero-order chi connectivity index (χ0) is 16.7. The first-order chi connectivity index (χ1) is 11.1. The Hall–Kier alpha value is -1.49. The predicted octanol–water partition coefficient (Wildman–Crippen LogP) is 2.91. The van der Waals surface area contributed by atoms with Gasteiger partial charge in [0.25, 0.3) is 0 Å². The molecule has 0 bridgehead atoms. The minimum atomic E-state index is 0.365. The van der Waals surface area contributed by atoms with Crippen molar-refractivity contribution in [3.05, 3.63) is 23.4 Å². The number of rotatable bonds is 6. The van der Waals surface area contributed by atoms with E-state index in [9.17, 15) is 0 Å². The quantitative estimate of drug-likeness (QED) is 0.476. The summed E-state index contributed by atoms with van der Waals surface area (Å²) in [5.41, 5.74) is 0. The SMILES string of the molecule is CN=C(NCCCC(C)C)NC1CCN(c2ncccc2Cl)C1. The number of hydrogen-bond acceptors (Lipinski definition) is 3. The lowest BCUT2D eigenvalue weighted by atomic mass is 10.1. The number of aliphatic imine (C=N–C) groups is 1. The molecule has 0 aromatic carbocycles. The molecular weight excluding hydrogens is 310 g/mol. The summed E-state index contributed by atoms with van der Waals surface area (Å²) in [5.74, 6) is 2.50. The molecule has 2 heterocycles. The molecule has 0 amide bonds. The van der Waals surface area contributed by atoms with Crippen LogP contribution in [0.25, 0.3) is 0 Å². The lowest BCUT2D eigenvalue weighted by molar-refractivity contribution is 0.546. The van der Waals surface area contributed by atoms with Crippen molar-refractivity contribution in [1.29, 1.82) is 0 Å². The summed E-state index contributed by atoms with van der Waals surface area (Å²) >= 11 is 6.23. The van der Waals surface area contributed by atoms with Gasteiger partial charge in [-0.15, -0.1) is 0 Å². The van der Waals surface area contributed by atoms with Crippen LogP contribution in [0.15, 0.2) is 23.3 Å². The second kappa shape index (κ2) is 8.96. The molecule has 1 fully saturated rings. The minimum absolute atomic E-state index is 0.365. The molecule has 1 aliphatic rings. The lowest BCUT2D eigenvalue weighted by Crippen LogP contribution is -2.45. The van der Waals surface area contributed by atoms with Crippen LogP contribution in [0.2, 0.25) is 5.02 Å². The highest BCUT2D eigenvalue weighted by molar-refractivity contribution is 6.32. The first kappa shape index (κ1) is 17.9. The molecule has 6 heteroatoms. The number of nitrogens with one attached hydrogen (secondary N) is 2. The smallest absolute Gasteiger partial charge is 0.191 e. The Kier molecular flexibility index (Phi) is 6.96. The van der Waals surface area contributed by atoms with E-state index in [2.05, 4.69) is 39.4 Å². The Bertz CT molecular complexity index is 517. The molecule has 1 aliphatic heterocycles. The molecule has 0 aliphatic carbocycles. The van der Waals surface area contributed by atoms with E-state index in [1.165, 1.54) is 12.8 Å². The highest BCUT2D eigenvalue weighted by atomic mass is 35.5. The van der Waals surface area contributed by atoms with Gasteiger partial charge < -0.3 is 15.5 Å². The monoisotopic (exact) mass is 337 g/mol. The number of pyridine rings is 1. The van der Waals surface area contributed by atoms with Crippen molar-refractivity contribution in [2.75, 3.05) is 31.6 Å². The Morgan fingerprint density at radius 1 is 1.52 bits per heavy atom. The number of halogens is 1. The lowest BCUT2D eigenvalue weighted by Gasteiger charge is -2.20. The maximum absolute atomic E-state index is 6.23. The van der Waals surface area contributed by atoms with Gasteiger partial charge in [0.1, 0.15) is 5.82 Å². The Morgan fingerprint density at radius 2 is 2.35 bits per heavy atom. The Balaban J connectivity index is 1.79. The average molecular weight is 338 g/mol. The number of anilines is 1. The van der Waals surface area contributed by atoms with Crippen LogP contribution in [0.5, 0.6) is 0 Å². The maximum atomic E-state index is 6.23. The molecule has 1 aromatic heterocycles. The van der Waals surface area contributed by atoms with Gasteiger partial charge in [-0.1, -0.05) is 25.4 Å². The summed E-state index contributed by atoms with van der Waals surface area (Å²) in [6.07, 6.45) is 5.24. The number of aromatic nitrogens is 1. The number of guanidine groups is 1. The molecular formula is C17H28ClN5. The van der Waals surface area contributed by atoms with E-state index in [0.29, 0.717) is 11.1 Å². The molecule has 2 rings (SSSR count). The Morgan fingerprint density at radius 3 is 3.04 bits per heavy atom. The highest BCUT2D eigenvalue weighted by Gasteiger charge is 2.25. The van der Waals surface area contributed by atoms with Crippen molar-refractivity contribution >= 4 is 23.4 Å². The largest absolute Gasteiger partial charge is 0.356 e. The van der Waals surface area contributed by atoms with Crippen LogP contribution in [-0.2, 0) is 0 Å². The average Bonchev–Trinajstić information content (AvgIpc) is 2.98. The molecule has 1 atom stereocenters. The second-order valence-electron chi connectivity index (χ2n) is 6.42. The minimum Gasteiger partial charge on any atom is -0.356 e. The third-order valence-electron chi connectivity index (χ3n) is 4.04. The fraction of sp³-hybridized carbons (Fsp3) is 0.647. The molecule has 1 unspecified atom stereocenters. The van der Waals surface area contributed by atoms with E-state index in [4.69, 9.17) is 11.6 Å². The van der Waals surface area contributed by atoms with Crippen LogP contribution in [0.4, 0.5) is 5.82 Å². The first-order valence-corrected chi connectivity index (χ1v) is 8.80. The fourth-order valence-corrected chi connectivity index (χ4v) is 3.03. The zero-order valence-corrected chi connectivity index (χ0v) is 15.1. The van der Waals surface area contributed by atoms with Gasteiger partial charge in [0.15, 0.2) is 5.96 Å². The Labute approximate surface area is 144 Å². The molecule has 1 aromatic rings. The molecule has 0 spiro atoms. The van der Waals surface area contributed by atoms with Crippen LogP contribution in [0.1, 0.15) is 33.1 Å². The van der Waals surface area contributed by atoms with Crippen molar-refractivity contribution in [3.63, 3.8) is 0 Å². The standard InChI is InChI=1S/C17H28ClN5/c1-13(2)6-4-10-21-17(19-3)22-14-8-11-23(12-14)16-15(18)7-5-9-20-16/h5,7,9,13-14H,4,6,8,10-12H2,1-3H3,(H2,19,21,22). The van der Waals surface area contributed by atoms with Crippen molar-refractivity contribution in [2.45, 2.75) is 39.2 Å². The van der Waals surface area contributed by atoms with Gasteiger partial charge >= 0.3 is 0 Å². The normalized spacial score (nSPS) is 18.6. The van der Waals surface area contributed by atoms with E-state index in [1.54, 1.807) is 6.20 Å². The molecule has 128 valence electrons. The van der Waals surface area contributed by atoms with Gasteiger partial charge in [0, 0.05) is 38.9 Å². The summed E-state index contributed by atoms with van der Waals surface area (Å²) in [7, 11) is 1.82. The van der Waals surface area contributed by atoms with Crippen LogP contribution >= 0.6 is 11.6 Å². The van der Waals surface area contributed by atoms with Gasteiger partial charge in [-0.2, -0.15) is 0 Å². The van der Waals surface area contributed by atoms with Gasteiger partial charge in [0.2, 0.25) is 0 Å². The van der Waals surface area contributed by atoms with E-state index in [1.807, 2.05) is 19.2 Å². The van der Waals surface area contributed by atoms with Gasteiger partial charge in [-0.05, 0) is 37.3 Å². The van der Waals surface area contributed by atoms with E-state index in [-0.39, 0.29) is 0 Å².